The molecule has 38 heavy (non-hydrogen) atoms. The molecule has 11 heteroatoms. The van der Waals surface area contributed by atoms with Crippen LogP contribution >= 0.6 is 7.82 Å². The van der Waals surface area contributed by atoms with Crippen LogP contribution in [0, 0.1) is 0 Å². The summed E-state index contributed by atoms with van der Waals surface area (Å²) >= 11 is 0. The molecule has 10 nitrogen and oxygen atoms in total. The van der Waals surface area contributed by atoms with Crippen molar-refractivity contribution in [3.8, 4) is 0 Å². The van der Waals surface area contributed by atoms with Gasteiger partial charge in [-0.1, -0.05) is 134 Å². The highest BCUT2D eigenvalue weighted by atomic mass is 31.2. The number of phosphoric acid groups is 1. The van der Waals surface area contributed by atoms with Crippen LogP contribution in [0.3, 0.4) is 0 Å². The van der Waals surface area contributed by atoms with E-state index < -0.39 is 19.9 Å². The van der Waals surface area contributed by atoms with Crippen LogP contribution in [0.1, 0.15) is 149 Å². The fourth-order valence-electron chi connectivity index (χ4n) is 4.41. The largest absolute Gasteiger partial charge is 0.502 e. The van der Waals surface area contributed by atoms with E-state index >= 15 is 0 Å². The molecule has 0 aliphatic carbocycles. The van der Waals surface area contributed by atoms with Gasteiger partial charge in [0.2, 0.25) is 0 Å². The molecule has 1 saturated heterocycles. The molecule has 2 atom stereocenters. The second kappa shape index (κ2) is 23.6. The first kappa shape index (κ1) is 35.9. The summed E-state index contributed by atoms with van der Waals surface area (Å²) in [6.45, 7) is 6.49. The van der Waals surface area contributed by atoms with Crippen LogP contribution in [-0.4, -0.2) is 30.2 Å². The van der Waals surface area contributed by atoms with E-state index in [2.05, 4.69) is 33.6 Å². The molecule has 1 rings (SSSR count). The Hall–Kier alpha value is -0.130. The number of hydrogen-bond acceptors (Lipinski definition) is 9. The van der Waals surface area contributed by atoms with Gasteiger partial charge in [0.15, 0.2) is 6.10 Å². The summed E-state index contributed by atoms with van der Waals surface area (Å²) in [5.74, 6) is -1.92. The third-order valence-electron chi connectivity index (χ3n) is 6.72. The first-order valence-electron chi connectivity index (χ1n) is 15.1. The molecule has 1 fully saturated rings. The van der Waals surface area contributed by atoms with Crippen molar-refractivity contribution in [2.24, 2.45) is 0 Å². The van der Waals surface area contributed by atoms with E-state index in [1.54, 1.807) is 0 Å². The Bertz CT molecular complexity index is 554. The monoisotopic (exact) mass is 570 g/mol. The SMILES string of the molecule is CCCCCCCCCCCCOC1(OCCCCCCCCCCCC)OOOOOP(=O)(O)OC1C. The topological polar surface area (TPSA) is 111 Å². The first-order chi connectivity index (χ1) is 18.5. The highest BCUT2D eigenvalue weighted by molar-refractivity contribution is 7.47. The quantitative estimate of drug-likeness (QED) is 0.0523. The second-order valence-corrected chi connectivity index (χ2v) is 11.5. The average Bonchev–Trinajstić information content (AvgIpc) is 2.94. The Balaban J connectivity index is 2.41. The third-order valence-corrected chi connectivity index (χ3v) is 7.55. The molecule has 1 aliphatic heterocycles. The van der Waals surface area contributed by atoms with Gasteiger partial charge in [-0.25, -0.2) is 4.57 Å². The van der Waals surface area contributed by atoms with Gasteiger partial charge in [-0.05, 0) is 34.9 Å². The molecule has 1 N–H and O–H groups in total. The van der Waals surface area contributed by atoms with E-state index in [9.17, 15) is 9.46 Å². The molecule has 2 unspecified atom stereocenters. The van der Waals surface area contributed by atoms with Crippen LogP contribution in [0.2, 0.25) is 0 Å². The molecule has 0 aromatic carbocycles. The van der Waals surface area contributed by atoms with Gasteiger partial charge in [0.05, 0.1) is 13.2 Å². The molecule has 1 heterocycles. The molecule has 1 aliphatic rings. The minimum absolute atomic E-state index is 0.281. The van der Waals surface area contributed by atoms with Gasteiger partial charge in [0, 0.05) is 0 Å². The van der Waals surface area contributed by atoms with E-state index in [4.69, 9.17) is 18.9 Å². The molecule has 0 amide bonds. The maximum Gasteiger partial charge on any atom is 0.502 e. The van der Waals surface area contributed by atoms with Crippen molar-refractivity contribution >= 4 is 7.82 Å². The maximum atomic E-state index is 12.1. The Kier molecular flexibility index (Phi) is 22.3. The van der Waals surface area contributed by atoms with Gasteiger partial charge in [-0.15, -0.1) is 4.89 Å². The fraction of sp³-hybridized carbons (Fsp3) is 1.00. The van der Waals surface area contributed by atoms with E-state index in [-0.39, 0.29) is 13.2 Å². The van der Waals surface area contributed by atoms with Crippen molar-refractivity contribution in [1.82, 2.24) is 0 Å². The average molecular weight is 571 g/mol. The van der Waals surface area contributed by atoms with Crippen molar-refractivity contribution in [3.05, 3.63) is 0 Å². The molecule has 0 aromatic heterocycles. The molecular weight excluding hydrogens is 515 g/mol. The predicted octanol–water partition coefficient (Wildman–Crippen LogP) is 8.78. The van der Waals surface area contributed by atoms with E-state index in [0.717, 1.165) is 38.5 Å². The smallest absolute Gasteiger partial charge is 0.323 e. The van der Waals surface area contributed by atoms with Crippen molar-refractivity contribution in [2.75, 3.05) is 13.2 Å². The number of unbranched alkanes of at least 4 members (excludes halogenated alkanes) is 18. The third kappa shape index (κ3) is 18.3. The summed E-state index contributed by atoms with van der Waals surface area (Å²) in [6, 6.07) is 0. The molecule has 0 bridgehead atoms. The van der Waals surface area contributed by atoms with Crippen molar-refractivity contribution < 1.29 is 48.1 Å². The summed E-state index contributed by atoms with van der Waals surface area (Å²) < 4.78 is 33.2. The number of ether oxygens (including phenoxy) is 2. The predicted molar refractivity (Wildman–Crippen MR) is 144 cm³/mol. The van der Waals surface area contributed by atoms with Gasteiger partial charge in [-0.2, -0.15) is 0 Å². The molecule has 228 valence electrons. The maximum absolute atomic E-state index is 12.1. The summed E-state index contributed by atoms with van der Waals surface area (Å²) in [7, 11) is -4.62. The number of hydrogen-bond donors (Lipinski definition) is 1. The molecule has 0 saturated carbocycles. The van der Waals surface area contributed by atoms with Crippen molar-refractivity contribution in [3.63, 3.8) is 0 Å². The summed E-state index contributed by atoms with van der Waals surface area (Å²) in [6.07, 6.45) is 22.5. The zero-order valence-electron chi connectivity index (χ0n) is 24.2. The Morgan fingerprint density at radius 1 is 0.632 bits per heavy atom. The molecular formula is C27H55O10P. The van der Waals surface area contributed by atoms with E-state index in [1.807, 2.05) is 0 Å². The normalized spacial score (nSPS) is 22.2. The van der Waals surface area contributed by atoms with Crippen LogP contribution in [0.15, 0.2) is 0 Å². The second-order valence-electron chi connectivity index (χ2n) is 10.2. The minimum Gasteiger partial charge on any atom is -0.323 e. The van der Waals surface area contributed by atoms with Crippen LogP contribution in [0.25, 0.3) is 0 Å². The van der Waals surface area contributed by atoms with Crippen molar-refractivity contribution in [1.29, 1.82) is 0 Å². The summed E-state index contributed by atoms with van der Waals surface area (Å²) in [4.78, 5) is 15.0. The van der Waals surface area contributed by atoms with Crippen LogP contribution in [0.4, 0.5) is 0 Å². The van der Waals surface area contributed by atoms with Gasteiger partial charge >= 0.3 is 13.8 Å². The van der Waals surface area contributed by atoms with Crippen LogP contribution in [-0.2, 0) is 43.2 Å². The lowest BCUT2D eigenvalue weighted by Crippen LogP contribution is -2.49. The van der Waals surface area contributed by atoms with Gasteiger partial charge < -0.3 is 14.4 Å². The lowest BCUT2D eigenvalue weighted by molar-refractivity contribution is -0.726. The van der Waals surface area contributed by atoms with Crippen molar-refractivity contribution in [2.45, 2.75) is 161 Å². The summed E-state index contributed by atoms with van der Waals surface area (Å²) in [5, 5.41) is 12.8. The number of rotatable bonds is 24. The highest BCUT2D eigenvalue weighted by Gasteiger charge is 2.48. The van der Waals surface area contributed by atoms with Gasteiger partial charge in [0.1, 0.15) is 0 Å². The zero-order valence-corrected chi connectivity index (χ0v) is 25.1. The fourth-order valence-corrected chi connectivity index (χ4v) is 5.07. The van der Waals surface area contributed by atoms with Gasteiger partial charge in [-0.3, -0.25) is 4.52 Å². The summed E-state index contributed by atoms with van der Waals surface area (Å²) in [5.41, 5.74) is 0. The molecule has 0 spiro atoms. The van der Waals surface area contributed by atoms with E-state index in [0.29, 0.717) is 0 Å². The van der Waals surface area contributed by atoms with Crippen LogP contribution in [0.5, 0.6) is 0 Å². The lowest BCUT2D eigenvalue weighted by Gasteiger charge is -2.34. The number of phosphoric ester groups is 1. The zero-order chi connectivity index (χ0) is 27.8. The Morgan fingerprint density at radius 3 is 1.45 bits per heavy atom. The Labute approximate surface area is 230 Å². The molecule has 0 aromatic rings. The molecule has 0 radical (unpaired) electrons. The minimum atomic E-state index is -4.62. The van der Waals surface area contributed by atoms with Gasteiger partial charge in [0.25, 0.3) is 0 Å². The first-order valence-corrected chi connectivity index (χ1v) is 16.6. The van der Waals surface area contributed by atoms with E-state index in [1.165, 1.54) is 96.8 Å². The standard InChI is InChI=1S/C27H55O10P/c1-4-6-8-10-12-14-16-18-20-22-24-30-27(26(3)32-38(28,29)37-36-35-34-33-27)31-25-23-21-19-17-15-13-11-9-7-5-2/h26H,4-25H2,1-3H3,(H,28,29). The van der Waals surface area contributed by atoms with Crippen LogP contribution < -0.4 is 0 Å². The lowest BCUT2D eigenvalue weighted by atomic mass is 10.1. The Morgan fingerprint density at radius 2 is 1.03 bits per heavy atom. The highest BCUT2D eigenvalue weighted by Crippen LogP contribution is 2.48.